The average Bonchev–Trinajstić information content (AvgIpc) is 2.42. The maximum absolute atomic E-state index is 11.5. The van der Waals surface area contributed by atoms with Crippen molar-refractivity contribution in [1.29, 1.82) is 0 Å². The summed E-state index contributed by atoms with van der Waals surface area (Å²) in [7, 11) is 2.48. The second kappa shape index (κ2) is 9.32. The van der Waals surface area contributed by atoms with Crippen LogP contribution in [0.2, 0.25) is 0 Å². The topological polar surface area (TPSA) is 90.9 Å². The summed E-state index contributed by atoms with van der Waals surface area (Å²) >= 11 is 0. The molecular weight excluding hydrogens is 254 g/mol. The Labute approximate surface area is 112 Å². The molecule has 7 heteroatoms. The molecule has 0 aliphatic carbocycles. The quantitative estimate of drug-likeness (QED) is 0.621. The molecule has 1 amide bonds. The van der Waals surface area contributed by atoms with Crippen LogP contribution in [0.3, 0.4) is 0 Å². The fourth-order valence-electron chi connectivity index (χ4n) is 1.44. The number of carbonyl (C=O) groups is 3. The summed E-state index contributed by atoms with van der Waals surface area (Å²) in [6, 6.07) is -0.896. The van der Waals surface area contributed by atoms with Gasteiger partial charge in [0.15, 0.2) is 0 Å². The van der Waals surface area contributed by atoms with E-state index in [1.54, 1.807) is 13.8 Å². The normalized spacial score (nSPS) is 13.3. The van der Waals surface area contributed by atoms with E-state index < -0.39 is 29.8 Å². The Morgan fingerprint density at radius 3 is 2.16 bits per heavy atom. The van der Waals surface area contributed by atoms with Crippen LogP contribution in [-0.4, -0.2) is 51.3 Å². The molecule has 7 nitrogen and oxygen atoms in total. The van der Waals surface area contributed by atoms with Gasteiger partial charge in [-0.05, 0) is 13.3 Å². The van der Waals surface area contributed by atoms with Gasteiger partial charge in [0.05, 0.1) is 20.1 Å². The van der Waals surface area contributed by atoms with Crippen LogP contribution in [0.5, 0.6) is 0 Å². The van der Waals surface area contributed by atoms with Crippen molar-refractivity contribution in [2.75, 3.05) is 27.4 Å². The van der Waals surface area contributed by atoms with E-state index in [4.69, 9.17) is 4.74 Å². The average molecular weight is 275 g/mol. The van der Waals surface area contributed by atoms with Crippen LogP contribution in [0.25, 0.3) is 0 Å². The van der Waals surface area contributed by atoms with Crippen molar-refractivity contribution in [2.45, 2.75) is 26.3 Å². The Morgan fingerprint density at radius 2 is 1.68 bits per heavy atom. The number of esters is 2. The molecule has 0 aliphatic rings. The van der Waals surface area contributed by atoms with Crippen molar-refractivity contribution in [3.8, 4) is 0 Å². The van der Waals surface area contributed by atoms with Gasteiger partial charge < -0.3 is 19.5 Å². The molecule has 110 valence electrons. The van der Waals surface area contributed by atoms with Crippen molar-refractivity contribution >= 4 is 17.8 Å². The van der Waals surface area contributed by atoms with Crippen LogP contribution in [0.4, 0.5) is 0 Å². The Hall–Kier alpha value is -1.63. The summed E-state index contributed by atoms with van der Waals surface area (Å²) in [6.45, 7) is 3.62. The second-order valence-corrected chi connectivity index (χ2v) is 3.94. The molecule has 0 rings (SSSR count). The first-order valence-electron chi connectivity index (χ1n) is 5.99. The molecule has 0 aromatic carbocycles. The highest BCUT2D eigenvalue weighted by Gasteiger charge is 2.27. The van der Waals surface area contributed by atoms with Crippen LogP contribution in [0.1, 0.15) is 20.3 Å². The Balaban J connectivity index is 4.51. The molecule has 19 heavy (non-hydrogen) atoms. The first-order chi connectivity index (χ1) is 8.96. The molecule has 0 unspecified atom stereocenters. The van der Waals surface area contributed by atoms with Gasteiger partial charge >= 0.3 is 11.9 Å². The van der Waals surface area contributed by atoms with Crippen LogP contribution in [0, 0.1) is 5.92 Å². The minimum atomic E-state index is -0.896. The molecule has 0 saturated carbocycles. The fourth-order valence-corrected chi connectivity index (χ4v) is 1.44. The monoisotopic (exact) mass is 275 g/mol. The lowest BCUT2D eigenvalue weighted by molar-refractivity contribution is -0.149. The van der Waals surface area contributed by atoms with E-state index >= 15 is 0 Å². The van der Waals surface area contributed by atoms with Crippen molar-refractivity contribution in [3.05, 3.63) is 0 Å². The molecule has 0 bridgehead atoms. The van der Waals surface area contributed by atoms with Crippen molar-refractivity contribution in [1.82, 2.24) is 5.32 Å². The Kier molecular flexibility index (Phi) is 8.52. The standard InChI is InChI=1S/C12H21NO6/c1-5-19-7-10(14)13-9(12(16)18-4)6-8(2)11(15)17-3/h8-9H,5-7H2,1-4H3,(H,13,14)/t8-,9-/m0/s1. The molecule has 1 N–H and O–H groups in total. The molecule has 2 atom stereocenters. The predicted octanol–water partition coefficient (Wildman–Crippen LogP) is -0.120. The Morgan fingerprint density at radius 1 is 1.11 bits per heavy atom. The third-order valence-electron chi connectivity index (χ3n) is 2.45. The van der Waals surface area contributed by atoms with E-state index in [-0.39, 0.29) is 13.0 Å². The summed E-state index contributed by atoms with van der Waals surface area (Å²) in [5.74, 6) is -2.02. The molecular formula is C12H21NO6. The molecule has 0 fully saturated rings. The number of hydrogen-bond acceptors (Lipinski definition) is 6. The summed E-state index contributed by atoms with van der Waals surface area (Å²) < 4.78 is 14.1. The first-order valence-corrected chi connectivity index (χ1v) is 5.99. The van der Waals surface area contributed by atoms with Gasteiger partial charge in [0.2, 0.25) is 5.91 Å². The van der Waals surface area contributed by atoms with E-state index in [1.165, 1.54) is 14.2 Å². The van der Waals surface area contributed by atoms with Gasteiger partial charge in [0, 0.05) is 6.61 Å². The number of amides is 1. The molecule has 0 aromatic heterocycles. The molecule has 0 radical (unpaired) electrons. The molecule has 0 saturated heterocycles. The lowest BCUT2D eigenvalue weighted by Gasteiger charge is -2.19. The van der Waals surface area contributed by atoms with E-state index in [2.05, 4.69) is 14.8 Å². The summed E-state index contributed by atoms with van der Waals surface area (Å²) in [4.78, 5) is 34.3. The highest BCUT2D eigenvalue weighted by molar-refractivity contribution is 5.85. The summed E-state index contributed by atoms with van der Waals surface area (Å²) in [5.41, 5.74) is 0. The van der Waals surface area contributed by atoms with Gasteiger partial charge in [-0.1, -0.05) is 6.92 Å². The number of rotatable bonds is 8. The first kappa shape index (κ1) is 17.4. The van der Waals surface area contributed by atoms with Crippen LogP contribution in [0.15, 0.2) is 0 Å². The van der Waals surface area contributed by atoms with Crippen LogP contribution >= 0.6 is 0 Å². The largest absolute Gasteiger partial charge is 0.469 e. The zero-order valence-electron chi connectivity index (χ0n) is 11.7. The summed E-state index contributed by atoms with van der Waals surface area (Å²) in [6.07, 6.45) is 0.108. The van der Waals surface area contributed by atoms with E-state index in [0.717, 1.165) is 0 Å². The lowest BCUT2D eigenvalue weighted by Crippen LogP contribution is -2.44. The number of hydrogen-bond donors (Lipinski definition) is 1. The lowest BCUT2D eigenvalue weighted by atomic mass is 10.0. The minimum Gasteiger partial charge on any atom is -0.469 e. The maximum Gasteiger partial charge on any atom is 0.328 e. The van der Waals surface area contributed by atoms with Crippen LogP contribution < -0.4 is 5.32 Å². The van der Waals surface area contributed by atoms with Gasteiger partial charge in [0.25, 0.3) is 0 Å². The number of methoxy groups -OCH3 is 2. The second-order valence-electron chi connectivity index (χ2n) is 3.94. The smallest absolute Gasteiger partial charge is 0.328 e. The number of nitrogens with one attached hydrogen (secondary N) is 1. The SMILES string of the molecule is CCOCC(=O)N[C@@H](C[C@H](C)C(=O)OC)C(=O)OC. The molecule has 0 spiro atoms. The zero-order valence-corrected chi connectivity index (χ0v) is 11.7. The maximum atomic E-state index is 11.5. The van der Waals surface area contributed by atoms with Crippen molar-refractivity contribution < 1.29 is 28.6 Å². The van der Waals surface area contributed by atoms with Gasteiger partial charge in [-0.2, -0.15) is 0 Å². The van der Waals surface area contributed by atoms with E-state index in [0.29, 0.717) is 6.61 Å². The van der Waals surface area contributed by atoms with Crippen molar-refractivity contribution in [2.24, 2.45) is 5.92 Å². The summed E-state index contributed by atoms with van der Waals surface area (Å²) in [5, 5.41) is 2.47. The minimum absolute atomic E-state index is 0.108. The van der Waals surface area contributed by atoms with Crippen LogP contribution in [-0.2, 0) is 28.6 Å². The third-order valence-corrected chi connectivity index (χ3v) is 2.45. The number of carbonyl (C=O) groups excluding carboxylic acids is 3. The fraction of sp³-hybridized carbons (Fsp3) is 0.750. The van der Waals surface area contributed by atoms with Gasteiger partial charge in [-0.15, -0.1) is 0 Å². The van der Waals surface area contributed by atoms with E-state index in [9.17, 15) is 14.4 Å². The zero-order chi connectivity index (χ0) is 14.8. The highest BCUT2D eigenvalue weighted by atomic mass is 16.5. The molecule has 0 aromatic rings. The van der Waals surface area contributed by atoms with Crippen molar-refractivity contribution in [3.63, 3.8) is 0 Å². The van der Waals surface area contributed by atoms with Gasteiger partial charge in [-0.25, -0.2) is 4.79 Å². The predicted molar refractivity (Wildman–Crippen MR) is 66.2 cm³/mol. The third kappa shape index (κ3) is 6.76. The highest BCUT2D eigenvalue weighted by Crippen LogP contribution is 2.09. The number of ether oxygens (including phenoxy) is 3. The molecule has 0 aliphatic heterocycles. The molecule has 0 heterocycles. The van der Waals surface area contributed by atoms with E-state index in [1.807, 2.05) is 0 Å². The van der Waals surface area contributed by atoms with Gasteiger partial charge in [-0.3, -0.25) is 9.59 Å². The Bertz CT molecular complexity index is 317. The van der Waals surface area contributed by atoms with Gasteiger partial charge in [0.1, 0.15) is 12.6 Å².